The first kappa shape index (κ1) is 10.5. The van der Waals surface area contributed by atoms with Crippen molar-refractivity contribution in [2.75, 3.05) is 0 Å². The number of carboxylic acid groups (broad SMARTS) is 1. The molecular formula is C14H15NO2. The molecule has 1 fully saturated rings. The van der Waals surface area contributed by atoms with Gasteiger partial charge in [-0.2, -0.15) is 0 Å². The monoisotopic (exact) mass is 229 g/mol. The van der Waals surface area contributed by atoms with Crippen LogP contribution >= 0.6 is 0 Å². The lowest BCUT2D eigenvalue weighted by atomic mass is 9.91. The van der Waals surface area contributed by atoms with E-state index in [2.05, 4.69) is 4.99 Å². The largest absolute Gasteiger partial charge is 0.480 e. The Balaban J connectivity index is 1.87. The maximum atomic E-state index is 11.2. The summed E-state index contributed by atoms with van der Waals surface area (Å²) in [5.74, 6) is 0.0385. The average Bonchev–Trinajstić information content (AvgIpc) is 3.09. The molecule has 1 aromatic carbocycles. The van der Waals surface area contributed by atoms with E-state index in [9.17, 15) is 9.90 Å². The highest BCUT2D eigenvalue weighted by atomic mass is 16.4. The molecule has 3 nitrogen and oxygen atoms in total. The van der Waals surface area contributed by atoms with Crippen molar-refractivity contribution in [3.05, 3.63) is 35.9 Å². The lowest BCUT2D eigenvalue weighted by molar-refractivity contribution is -0.139. The molecule has 0 spiro atoms. The summed E-state index contributed by atoms with van der Waals surface area (Å²) in [5.41, 5.74) is 2.04. The first-order valence-corrected chi connectivity index (χ1v) is 6.10. The molecule has 17 heavy (non-hydrogen) atoms. The number of carboxylic acids is 1. The smallest absolute Gasteiger partial charge is 0.328 e. The van der Waals surface area contributed by atoms with Crippen LogP contribution in [0.2, 0.25) is 0 Å². The Hall–Kier alpha value is -1.64. The summed E-state index contributed by atoms with van der Waals surface area (Å²) in [6.07, 6.45) is 3.17. The molecule has 3 rings (SSSR count). The number of nitrogens with zero attached hydrogens (tertiary/aromatic N) is 1. The summed E-state index contributed by atoms with van der Waals surface area (Å²) < 4.78 is 0. The molecule has 0 unspecified atom stereocenters. The number of aliphatic carboxylic acids is 1. The molecule has 2 atom stereocenters. The molecule has 0 aromatic heterocycles. The number of hydrogen-bond donors (Lipinski definition) is 1. The summed E-state index contributed by atoms with van der Waals surface area (Å²) in [7, 11) is 0. The number of rotatable bonds is 3. The Bertz CT molecular complexity index is 462. The van der Waals surface area contributed by atoms with Gasteiger partial charge in [-0.15, -0.1) is 0 Å². The van der Waals surface area contributed by atoms with Gasteiger partial charge in [-0.05, 0) is 30.7 Å². The maximum Gasteiger partial charge on any atom is 0.328 e. The van der Waals surface area contributed by atoms with Gasteiger partial charge in [-0.25, -0.2) is 4.79 Å². The van der Waals surface area contributed by atoms with Crippen LogP contribution < -0.4 is 0 Å². The maximum absolute atomic E-state index is 11.2. The van der Waals surface area contributed by atoms with Gasteiger partial charge < -0.3 is 5.11 Å². The van der Waals surface area contributed by atoms with Crippen molar-refractivity contribution >= 4 is 11.7 Å². The number of carbonyl (C=O) groups is 1. The molecule has 88 valence electrons. The molecular weight excluding hydrogens is 214 g/mol. The van der Waals surface area contributed by atoms with Crippen molar-refractivity contribution in [3.63, 3.8) is 0 Å². The number of aliphatic imine (C=N–C) groups is 1. The minimum atomic E-state index is -0.771. The van der Waals surface area contributed by atoms with Crippen LogP contribution in [0.3, 0.4) is 0 Å². The minimum Gasteiger partial charge on any atom is -0.480 e. The second-order valence-electron chi connectivity index (χ2n) is 4.93. The summed E-state index contributed by atoms with van der Waals surface area (Å²) in [5, 5.41) is 9.22. The van der Waals surface area contributed by atoms with Gasteiger partial charge in [0.25, 0.3) is 0 Å². The third-order valence-electron chi connectivity index (χ3n) is 3.72. The van der Waals surface area contributed by atoms with Crippen molar-refractivity contribution < 1.29 is 9.90 Å². The summed E-state index contributed by atoms with van der Waals surface area (Å²) >= 11 is 0. The highest BCUT2D eigenvalue weighted by Crippen LogP contribution is 2.44. The Morgan fingerprint density at radius 3 is 2.53 bits per heavy atom. The molecule has 3 heteroatoms. The lowest BCUT2D eigenvalue weighted by Crippen LogP contribution is -2.25. The Morgan fingerprint density at radius 2 is 1.94 bits per heavy atom. The molecule has 1 N–H and O–H groups in total. The zero-order valence-corrected chi connectivity index (χ0v) is 9.54. The van der Waals surface area contributed by atoms with Crippen LogP contribution in [0.5, 0.6) is 0 Å². The number of hydrogen-bond acceptors (Lipinski definition) is 2. The van der Waals surface area contributed by atoms with Gasteiger partial charge in [0.2, 0.25) is 0 Å². The van der Waals surface area contributed by atoms with Gasteiger partial charge in [0.1, 0.15) is 0 Å². The van der Waals surface area contributed by atoms with E-state index >= 15 is 0 Å². The first-order chi connectivity index (χ1) is 8.25. The van der Waals surface area contributed by atoms with Crippen molar-refractivity contribution in [2.45, 2.75) is 25.3 Å². The van der Waals surface area contributed by atoms with Gasteiger partial charge in [-0.3, -0.25) is 4.99 Å². The molecule has 1 heterocycles. The summed E-state index contributed by atoms with van der Waals surface area (Å²) in [6.45, 7) is 0. The normalized spacial score (nSPS) is 27.9. The molecule has 1 aromatic rings. The summed E-state index contributed by atoms with van der Waals surface area (Å²) in [6, 6.07) is 9.40. The molecule has 1 aliphatic heterocycles. The van der Waals surface area contributed by atoms with E-state index in [1.807, 2.05) is 30.3 Å². The van der Waals surface area contributed by atoms with E-state index in [1.165, 1.54) is 12.8 Å². The molecule has 0 amide bonds. The van der Waals surface area contributed by atoms with Gasteiger partial charge in [-0.1, -0.05) is 30.3 Å². The van der Waals surface area contributed by atoms with Crippen LogP contribution in [0.1, 0.15) is 24.8 Å². The van der Waals surface area contributed by atoms with Gasteiger partial charge in [0.05, 0.1) is 0 Å². The van der Waals surface area contributed by atoms with Crippen LogP contribution in [-0.4, -0.2) is 22.8 Å². The Kier molecular flexibility index (Phi) is 2.46. The van der Waals surface area contributed by atoms with Crippen molar-refractivity contribution in [1.29, 1.82) is 0 Å². The molecule has 1 aliphatic carbocycles. The Morgan fingerprint density at radius 1 is 1.24 bits per heavy atom. The standard InChI is InChI=1S/C14H15NO2/c16-14(17)13-11(9-6-7-9)8-12(15-13)10-4-2-1-3-5-10/h1-5,9,11,13H,6-8H2,(H,16,17)/t11-,13+/m1/s1. The lowest BCUT2D eigenvalue weighted by Gasteiger charge is -2.12. The van der Waals surface area contributed by atoms with E-state index in [1.54, 1.807) is 0 Å². The van der Waals surface area contributed by atoms with Gasteiger partial charge >= 0.3 is 5.97 Å². The second-order valence-corrected chi connectivity index (χ2v) is 4.93. The summed E-state index contributed by atoms with van der Waals surface area (Å²) in [4.78, 5) is 15.6. The molecule has 2 aliphatic rings. The highest BCUT2D eigenvalue weighted by Gasteiger charge is 2.43. The van der Waals surface area contributed by atoms with Gasteiger partial charge in [0.15, 0.2) is 6.04 Å². The van der Waals surface area contributed by atoms with E-state index in [4.69, 9.17) is 0 Å². The fourth-order valence-electron chi connectivity index (χ4n) is 2.66. The molecule has 1 saturated carbocycles. The van der Waals surface area contributed by atoms with Crippen LogP contribution in [0.25, 0.3) is 0 Å². The zero-order valence-electron chi connectivity index (χ0n) is 9.54. The van der Waals surface area contributed by atoms with Crippen LogP contribution in [-0.2, 0) is 4.79 Å². The predicted octanol–water partition coefficient (Wildman–Crippen LogP) is 2.36. The molecule has 0 bridgehead atoms. The zero-order chi connectivity index (χ0) is 11.8. The average molecular weight is 229 g/mol. The fourth-order valence-corrected chi connectivity index (χ4v) is 2.66. The topological polar surface area (TPSA) is 49.7 Å². The van der Waals surface area contributed by atoms with E-state index < -0.39 is 12.0 Å². The first-order valence-electron chi connectivity index (χ1n) is 6.10. The van der Waals surface area contributed by atoms with E-state index in [0.29, 0.717) is 5.92 Å². The fraction of sp³-hybridized carbons (Fsp3) is 0.429. The molecule has 0 radical (unpaired) electrons. The van der Waals surface area contributed by atoms with Crippen molar-refractivity contribution in [2.24, 2.45) is 16.8 Å². The predicted molar refractivity (Wildman–Crippen MR) is 65.2 cm³/mol. The van der Waals surface area contributed by atoms with Crippen LogP contribution in [0.15, 0.2) is 35.3 Å². The van der Waals surface area contributed by atoms with Gasteiger partial charge in [0, 0.05) is 11.6 Å². The van der Waals surface area contributed by atoms with Crippen LogP contribution in [0, 0.1) is 11.8 Å². The minimum absolute atomic E-state index is 0.225. The quantitative estimate of drug-likeness (QED) is 0.865. The third-order valence-corrected chi connectivity index (χ3v) is 3.72. The van der Waals surface area contributed by atoms with E-state index in [-0.39, 0.29) is 5.92 Å². The molecule has 0 saturated heterocycles. The van der Waals surface area contributed by atoms with Crippen LogP contribution in [0.4, 0.5) is 0 Å². The second kappa shape index (κ2) is 3.99. The highest BCUT2D eigenvalue weighted by molar-refractivity contribution is 6.03. The third kappa shape index (κ3) is 1.97. The number of benzene rings is 1. The van der Waals surface area contributed by atoms with Crippen molar-refractivity contribution in [1.82, 2.24) is 0 Å². The SMILES string of the molecule is O=C(O)[C@H]1N=C(c2ccccc2)C[C@@H]1C1CC1. The Labute approximate surface area is 100 Å². The van der Waals surface area contributed by atoms with E-state index in [0.717, 1.165) is 17.7 Å². The van der Waals surface area contributed by atoms with Crippen molar-refractivity contribution in [3.8, 4) is 0 Å².